The van der Waals surface area contributed by atoms with Gasteiger partial charge in [-0.25, -0.2) is 0 Å². The zero-order valence-corrected chi connectivity index (χ0v) is 8.82. The molecule has 82 valence electrons. The minimum absolute atomic E-state index is 0.101. The third kappa shape index (κ3) is 2.37. The van der Waals surface area contributed by atoms with Crippen LogP contribution in [0.25, 0.3) is 0 Å². The summed E-state index contributed by atoms with van der Waals surface area (Å²) in [6.07, 6.45) is 0.734. The highest BCUT2D eigenvalue weighted by molar-refractivity contribution is 5.63. The van der Waals surface area contributed by atoms with Crippen molar-refractivity contribution in [2.45, 2.75) is 20.3 Å². The average molecular weight is 210 g/mol. The van der Waals surface area contributed by atoms with Gasteiger partial charge in [-0.05, 0) is 25.0 Å². The minimum atomic E-state index is -0.503. The van der Waals surface area contributed by atoms with Crippen molar-refractivity contribution in [3.63, 3.8) is 0 Å². The van der Waals surface area contributed by atoms with Gasteiger partial charge in [-0.2, -0.15) is 0 Å². The normalized spacial score (nSPS) is 10.0. The van der Waals surface area contributed by atoms with E-state index in [4.69, 9.17) is 10.5 Å². The van der Waals surface area contributed by atoms with Crippen LogP contribution in [0.4, 0.5) is 11.4 Å². The maximum absolute atomic E-state index is 10.6. The van der Waals surface area contributed by atoms with E-state index in [0.717, 1.165) is 12.0 Å². The summed E-state index contributed by atoms with van der Waals surface area (Å²) in [4.78, 5) is 10.1. The second-order valence-corrected chi connectivity index (χ2v) is 3.06. The first kappa shape index (κ1) is 11.3. The van der Waals surface area contributed by atoms with E-state index in [1.54, 1.807) is 6.07 Å². The summed E-state index contributed by atoms with van der Waals surface area (Å²) >= 11 is 0. The third-order valence-corrected chi connectivity index (χ3v) is 2.09. The van der Waals surface area contributed by atoms with Crippen LogP contribution < -0.4 is 10.5 Å². The molecule has 0 aromatic heterocycles. The number of benzene rings is 1. The van der Waals surface area contributed by atoms with Crippen molar-refractivity contribution < 1.29 is 9.66 Å². The van der Waals surface area contributed by atoms with Crippen LogP contribution in [0.2, 0.25) is 0 Å². The van der Waals surface area contributed by atoms with Gasteiger partial charge in [0.15, 0.2) is 0 Å². The van der Waals surface area contributed by atoms with Crippen LogP contribution in [-0.2, 0) is 6.42 Å². The number of hydrogen-bond donors (Lipinski definition) is 1. The van der Waals surface area contributed by atoms with Crippen molar-refractivity contribution in [2.24, 2.45) is 0 Å². The van der Waals surface area contributed by atoms with Crippen molar-refractivity contribution in [1.82, 2.24) is 0 Å². The summed E-state index contributed by atoms with van der Waals surface area (Å²) in [5, 5.41) is 10.6. The molecule has 5 nitrogen and oxygen atoms in total. The second-order valence-electron chi connectivity index (χ2n) is 3.06. The van der Waals surface area contributed by atoms with Gasteiger partial charge in [-0.3, -0.25) is 10.1 Å². The first-order valence-corrected chi connectivity index (χ1v) is 4.79. The molecule has 0 spiro atoms. The zero-order valence-electron chi connectivity index (χ0n) is 8.82. The summed E-state index contributed by atoms with van der Waals surface area (Å²) in [6, 6.07) is 2.99. The van der Waals surface area contributed by atoms with Crippen LogP contribution in [0.3, 0.4) is 0 Å². The SMILES string of the molecule is CCOc1cc([N+](=O)[O-])c(N)cc1CC. The Bertz CT molecular complexity index is 377. The lowest BCUT2D eigenvalue weighted by Crippen LogP contribution is -2.01. The Morgan fingerprint density at radius 3 is 2.60 bits per heavy atom. The maximum atomic E-state index is 10.6. The molecule has 0 atom stereocenters. The first-order chi connectivity index (χ1) is 7.10. The predicted molar refractivity (Wildman–Crippen MR) is 58.1 cm³/mol. The van der Waals surface area contributed by atoms with Crippen molar-refractivity contribution in [2.75, 3.05) is 12.3 Å². The molecule has 0 radical (unpaired) electrons. The number of hydrogen-bond acceptors (Lipinski definition) is 4. The molecule has 15 heavy (non-hydrogen) atoms. The molecule has 2 N–H and O–H groups in total. The zero-order chi connectivity index (χ0) is 11.4. The van der Waals surface area contributed by atoms with E-state index in [-0.39, 0.29) is 11.4 Å². The van der Waals surface area contributed by atoms with Gasteiger partial charge in [-0.1, -0.05) is 6.92 Å². The lowest BCUT2D eigenvalue weighted by molar-refractivity contribution is -0.384. The number of ether oxygens (including phenoxy) is 1. The Balaban J connectivity index is 3.23. The smallest absolute Gasteiger partial charge is 0.295 e. The molecule has 0 saturated heterocycles. The maximum Gasteiger partial charge on any atom is 0.295 e. The molecule has 0 aliphatic carbocycles. The van der Waals surface area contributed by atoms with Crippen LogP contribution in [0.1, 0.15) is 19.4 Å². The molecule has 0 aliphatic heterocycles. The van der Waals surface area contributed by atoms with Gasteiger partial charge in [0.1, 0.15) is 11.4 Å². The van der Waals surface area contributed by atoms with Crippen LogP contribution in [0, 0.1) is 10.1 Å². The number of nitrogens with two attached hydrogens (primary N) is 1. The molecule has 1 aromatic rings. The highest BCUT2D eigenvalue weighted by Crippen LogP contribution is 2.31. The van der Waals surface area contributed by atoms with E-state index in [1.807, 2.05) is 13.8 Å². The highest BCUT2D eigenvalue weighted by Gasteiger charge is 2.15. The molecule has 0 unspecified atom stereocenters. The second kappa shape index (κ2) is 4.63. The number of rotatable bonds is 4. The number of nitro groups is 1. The Morgan fingerprint density at radius 1 is 1.47 bits per heavy atom. The van der Waals surface area contributed by atoms with Crippen molar-refractivity contribution in [1.29, 1.82) is 0 Å². The van der Waals surface area contributed by atoms with Crippen LogP contribution >= 0.6 is 0 Å². The molecule has 1 aromatic carbocycles. The van der Waals surface area contributed by atoms with Gasteiger partial charge in [0, 0.05) is 0 Å². The third-order valence-electron chi connectivity index (χ3n) is 2.09. The molecule has 0 fully saturated rings. The molecule has 0 saturated carbocycles. The number of nitrogens with zero attached hydrogens (tertiary/aromatic N) is 1. The molecule has 1 rings (SSSR count). The number of nitrogen functional groups attached to an aromatic ring is 1. The lowest BCUT2D eigenvalue weighted by atomic mass is 10.1. The highest BCUT2D eigenvalue weighted by atomic mass is 16.6. The van der Waals surface area contributed by atoms with Crippen molar-refractivity contribution >= 4 is 11.4 Å². The fourth-order valence-corrected chi connectivity index (χ4v) is 1.36. The predicted octanol–water partition coefficient (Wildman–Crippen LogP) is 2.14. The Morgan fingerprint density at radius 2 is 2.13 bits per heavy atom. The van der Waals surface area contributed by atoms with E-state index in [9.17, 15) is 10.1 Å². The summed E-state index contributed by atoms with van der Waals surface area (Å²) in [5.74, 6) is 0.543. The minimum Gasteiger partial charge on any atom is -0.493 e. The van der Waals surface area contributed by atoms with E-state index >= 15 is 0 Å². The number of anilines is 1. The fraction of sp³-hybridized carbons (Fsp3) is 0.400. The molecule has 5 heteroatoms. The number of aryl methyl sites for hydroxylation is 1. The van der Waals surface area contributed by atoms with Gasteiger partial charge in [0.25, 0.3) is 5.69 Å². The van der Waals surface area contributed by atoms with Crippen LogP contribution in [0.5, 0.6) is 5.75 Å². The Kier molecular flexibility index (Phi) is 3.49. The fourth-order valence-electron chi connectivity index (χ4n) is 1.36. The van der Waals surface area contributed by atoms with Gasteiger partial charge in [0.2, 0.25) is 0 Å². The molecule has 0 heterocycles. The quantitative estimate of drug-likeness (QED) is 0.469. The van der Waals surface area contributed by atoms with Crippen LogP contribution in [-0.4, -0.2) is 11.5 Å². The summed E-state index contributed by atoms with van der Waals surface area (Å²) in [5.41, 5.74) is 6.53. The molecule has 0 aliphatic rings. The largest absolute Gasteiger partial charge is 0.493 e. The van der Waals surface area contributed by atoms with Gasteiger partial charge >= 0.3 is 0 Å². The standard InChI is InChI=1S/C10H14N2O3/c1-3-7-5-8(11)9(12(13)14)6-10(7)15-4-2/h5-6H,3-4,11H2,1-2H3. The topological polar surface area (TPSA) is 78.4 Å². The van der Waals surface area contributed by atoms with Gasteiger partial charge < -0.3 is 10.5 Å². The number of nitro benzene ring substituents is 1. The Labute approximate surface area is 88.0 Å². The van der Waals surface area contributed by atoms with Gasteiger partial charge in [0.05, 0.1) is 17.6 Å². The first-order valence-electron chi connectivity index (χ1n) is 4.79. The summed E-state index contributed by atoms with van der Waals surface area (Å²) in [6.45, 7) is 4.26. The molecular formula is C10H14N2O3. The molecule has 0 bridgehead atoms. The van der Waals surface area contributed by atoms with E-state index in [1.165, 1.54) is 6.07 Å². The van der Waals surface area contributed by atoms with E-state index in [0.29, 0.717) is 12.4 Å². The monoisotopic (exact) mass is 210 g/mol. The van der Waals surface area contributed by atoms with Gasteiger partial charge in [-0.15, -0.1) is 0 Å². The van der Waals surface area contributed by atoms with E-state index < -0.39 is 4.92 Å². The van der Waals surface area contributed by atoms with E-state index in [2.05, 4.69) is 0 Å². The van der Waals surface area contributed by atoms with Crippen molar-refractivity contribution in [3.8, 4) is 5.75 Å². The molecular weight excluding hydrogens is 196 g/mol. The lowest BCUT2D eigenvalue weighted by Gasteiger charge is -2.09. The Hall–Kier alpha value is -1.78. The summed E-state index contributed by atoms with van der Waals surface area (Å²) < 4.78 is 5.31. The summed E-state index contributed by atoms with van der Waals surface area (Å²) in [7, 11) is 0. The van der Waals surface area contributed by atoms with Crippen molar-refractivity contribution in [3.05, 3.63) is 27.8 Å². The molecule has 0 amide bonds. The average Bonchev–Trinajstić information content (AvgIpc) is 2.20. The van der Waals surface area contributed by atoms with Crippen LogP contribution in [0.15, 0.2) is 12.1 Å².